The lowest BCUT2D eigenvalue weighted by Crippen LogP contribution is -2.07. The Hall–Kier alpha value is -1.02. The van der Waals surface area contributed by atoms with Gasteiger partial charge in [-0.3, -0.25) is 0 Å². The molecule has 0 saturated carbocycles. The molecule has 0 aliphatic carbocycles. The van der Waals surface area contributed by atoms with Crippen LogP contribution in [0.2, 0.25) is 0 Å². The van der Waals surface area contributed by atoms with Crippen LogP contribution < -0.4 is 5.73 Å². The van der Waals surface area contributed by atoms with Gasteiger partial charge in [-0.2, -0.15) is 0 Å². The molecule has 2 nitrogen and oxygen atoms in total. The number of rotatable bonds is 3. The molecule has 0 radical (unpaired) electrons. The minimum atomic E-state index is -0.0464. The molecule has 66 valence electrons. The van der Waals surface area contributed by atoms with Gasteiger partial charge in [-0.15, -0.1) is 6.58 Å². The molecule has 12 heavy (non-hydrogen) atoms. The third-order valence-electron chi connectivity index (χ3n) is 1.97. The second kappa shape index (κ2) is 3.59. The third-order valence-corrected chi connectivity index (χ3v) is 1.97. The maximum Gasteiger partial charge on any atom is 0.121 e. The molecule has 1 aromatic rings. The zero-order chi connectivity index (χ0) is 9.14. The van der Waals surface area contributed by atoms with Gasteiger partial charge in [0, 0.05) is 0 Å². The minimum absolute atomic E-state index is 0.0464. The van der Waals surface area contributed by atoms with Crippen LogP contribution in [0, 0.1) is 13.8 Å². The Morgan fingerprint density at radius 1 is 1.67 bits per heavy atom. The molecule has 0 aliphatic rings. The second-order valence-electron chi connectivity index (χ2n) is 3.02. The number of hydrogen-bond donors (Lipinski definition) is 1. The molecule has 1 atom stereocenters. The number of aryl methyl sites for hydroxylation is 2. The lowest BCUT2D eigenvalue weighted by molar-refractivity contribution is 0.446. The summed E-state index contributed by atoms with van der Waals surface area (Å²) >= 11 is 0. The quantitative estimate of drug-likeness (QED) is 0.699. The molecule has 2 N–H and O–H groups in total. The second-order valence-corrected chi connectivity index (χ2v) is 3.02. The van der Waals surface area contributed by atoms with Crippen LogP contribution in [0.3, 0.4) is 0 Å². The number of hydrogen-bond acceptors (Lipinski definition) is 2. The zero-order valence-electron chi connectivity index (χ0n) is 7.63. The molecule has 1 heterocycles. The van der Waals surface area contributed by atoms with Gasteiger partial charge < -0.3 is 10.2 Å². The lowest BCUT2D eigenvalue weighted by Gasteiger charge is -2.03. The van der Waals surface area contributed by atoms with Crippen molar-refractivity contribution in [3.8, 4) is 0 Å². The third kappa shape index (κ3) is 1.77. The first kappa shape index (κ1) is 9.07. The highest BCUT2D eigenvalue weighted by Crippen LogP contribution is 2.20. The summed E-state index contributed by atoms with van der Waals surface area (Å²) in [6.07, 6.45) is 2.56. The molecular formula is C10H15NO. The average molecular weight is 165 g/mol. The van der Waals surface area contributed by atoms with E-state index in [2.05, 4.69) is 6.58 Å². The molecule has 0 fully saturated rings. The summed E-state index contributed by atoms with van der Waals surface area (Å²) in [5.41, 5.74) is 6.98. The Labute approximate surface area is 73.1 Å². The summed E-state index contributed by atoms with van der Waals surface area (Å²) in [4.78, 5) is 0. The molecule has 0 spiro atoms. The van der Waals surface area contributed by atoms with Crippen LogP contribution in [-0.2, 0) is 0 Å². The van der Waals surface area contributed by atoms with Gasteiger partial charge in [0.15, 0.2) is 0 Å². The molecule has 2 heteroatoms. The van der Waals surface area contributed by atoms with Crippen molar-refractivity contribution in [2.24, 2.45) is 5.73 Å². The van der Waals surface area contributed by atoms with Crippen LogP contribution >= 0.6 is 0 Å². The highest BCUT2D eigenvalue weighted by Gasteiger charge is 2.09. The first-order valence-corrected chi connectivity index (χ1v) is 4.08. The van der Waals surface area contributed by atoms with E-state index in [-0.39, 0.29) is 6.04 Å². The summed E-state index contributed by atoms with van der Waals surface area (Å²) in [7, 11) is 0. The summed E-state index contributed by atoms with van der Waals surface area (Å²) in [6, 6.07) is 1.94. The van der Waals surface area contributed by atoms with Crippen molar-refractivity contribution in [2.75, 3.05) is 0 Å². The number of nitrogens with two attached hydrogens (primary N) is 1. The Kier molecular flexibility index (Phi) is 2.71. The molecule has 1 aromatic heterocycles. The molecule has 0 amide bonds. The van der Waals surface area contributed by atoms with E-state index < -0.39 is 0 Å². The normalized spacial score (nSPS) is 12.9. The van der Waals surface area contributed by atoms with Crippen LogP contribution in [0.1, 0.15) is 29.5 Å². The molecule has 1 unspecified atom stereocenters. The Morgan fingerprint density at radius 2 is 2.33 bits per heavy atom. The summed E-state index contributed by atoms with van der Waals surface area (Å²) in [6.45, 7) is 7.59. The predicted molar refractivity (Wildman–Crippen MR) is 49.9 cm³/mol. The highest BCUT2D eigenvalue weighted by atomic mass is 16.3. The predicted octanol–water partition coefficient (Wildman–Crippen LogP) is 2.47. The van der Waals surface area contributed by atoms with Gasteiger partial charge >= 0.3 is 0 Å². The summed E-state index contributed by atoms with van der Waals surface area (Å²) in [5.74, 6) is 1.80. The molecule has 0 aromatic carbocycles. The maximum atomic E-state index is 5.82. The monoisotopic (exact) mass is 165 g/mol. The molecule has 0 saturated heterocycles. The van der Waals surface area contributed by atoms with E-state index >= 15 is 0 Å². The Morgan fingerprint density at radius 3 is 2.75 bits per heavy atom. The average Bonchev–Trinajstić information content (AvgIpc) is 2.33. The van der Waals surface area contributed by atoms with Gasteiger partial charge in [-0.05, 0) is 31.9 Å². The fourth-order valence-corrected chi connectivity index (χ4v) is 1.08. The van der Waals surface area contributed by atoms with Crippen LogP contribution in [0.15, 0.2) is 23.1 Å². The van der Waals surface area contributed by atoms with Gasteiger partial charge in [-0.25, -0.2) is 0 Å². The topological polar surface area (TPSA) is 39.2 Å². The van der Waals surface area contributed by atoms with Gasteiger partial charge in [0.25, 0.3) is 0 Å². The van der Waals surface area contributed by atoms with Crippen molar-refractivity contribution in [1.29, 1.82) is 0 Å². The largest absolute Gasteiger partial charge is 0.464 e. The van der Waals surface area contributed by atoms with Crippen molar-refractivity contribution in [3.63, 3.8) is 0 Å². The highest BCUT2D eigenvalue weighted by molar-refractivity contribution is 5.20. The van der Waals surface area contributed by atoms with Crippen LogP contribution in [-0.4, -0.2) is 0 Å². The first-order valence-electron chi connectivity index (χ1n) is 4.08. The van der Waals surface area contributed by atoms with E-state index in [9.17, 15) is 0 Å². The standard InChI is InChI=1S/C10H15NO/c1-4-5-9(11)10-6-7(2)8(3)12-10/h4,6,9H,1,5,11H2,2-3H3. The van der Waals surface area contributed by atoms with E-state index in [1.54, 1.807) is 6.08 Å². The van der Waals surface area contributed by atoms with Crippen molar-refractivity contribution >= 4 is 0 Å². The fraction of sp³-hybridized carbons (Fsp3) is 0.400. The van der Waals surface area contributed by atoms with Gasteiger partial charge in [0.2, 0.25) is 0 Å². The van der Waals surface area contributed by atoms with Crippen LogP contribution in [0.5, 0.6) is 0 Å². The van der Waals surface area contributed by atoms with Gasteiger partial charge in [0.1, 0.15) is 11.5 Å². The van der Waals surface area contributed by atoms with Crippen molar-refractivity contribution in [3.05, 3.63) is 35.8 Å². The van der Waals surface area contributed by atoms with Gasteiger partial charge in [-0.1, -0.05) is 6.08 Å². The smallest absolute Gasteiger partial charge is 0.121 e. The summed E-state index contributed by atoms with van der Waals surface area (Å²) in [5, 5.41) is 0. The van der Waals surface area contributed by atoms with E-state index in [1.807, 2.05) is 19.9 Å². The van der Waals surface area contributed by atoms with E-state index in [1.165, 1.54) is 0 Å². The molecule has 1 rings (SSSR count). The summed E-state index contributed by atoms with van der Waals surface area (Å²) < 4.78 is 5.46. The van der Waals surface area contributed by atoms with Crippen molar-refractivity contribution in [1.82, 2.24) is 0 Å². The fourth-order valence-electron chi connectivity index (χ4n) is 1.08. The molecule has 0 aliphatic heterocycles. The zero-order valence-corrected chi connectivity index (χ0v) is 7.63. The van der Waals surface area contributed by atoms with Crippen molar-refractivity contribution < 1.29 is 4.42 Å². The van der Waals surface area contributed by atoms with E-state index in [0.29, 0.717) is 0 Å². The first-order chi connectivity index (χ1) is 5.65. The van der Waals surface area contributed by atoms with E-state index in [4.69, 9.17) is 10.2 Å². The molecule has 0 bridgehead atoms. The van der Waals surface area contributed by atoms with Crippen molar-refractivity contribution in [2.45, 2.75) is 26.3 Å². The maximum absolute atomic E-state index is 5.82. The Balaban J connectivity index is 2.80. The van der Waals surface area contributed by atoms with Gasteiger partial charge in [0.05, 0.1) is 6.04 Å². The van der Waals surface area contributed by atoms with E-state index in [0.717, 1.165) is 23.5 Å². The minimum Gasteiger partial charge on any atom is -0.464 e. The SMILES string of the molecule is C=CCC(N)c1cc(C)c(C)o1. The molecular weight excluding hydrogens is 150 g/mol. The lowest BCUT2D eigenvalue weighted by atomic mass is 10.1. The number of furan rings is 1. The Bertz CT molecular complexity index is 256. The van der Waals surface area contributed by atoms with Crippen LogP contribution in [0.4, 0.5) is 0 Å². The van der Waals surface area contributed by atoms with Crippen LogP contribution in [0.25, 0.3) is 0 Å².